The van der Waals surface area contributed by atoms with E-state index in [0.29, 0.717) is 5.69 Å². The summed E-state index contributed by atoms with van der Waals surface area (Å²) in [4.78, 5) is 33.3. The van der Waals surface area contributed by atoms with E-state index in [0.717, 1.165) is 5.69 Å². The van der Waals surface area contributed by atoms with Crippen molar-refractivity contribution in [1.82, 2.24) is 15.7 Å². The van der Waals surface area contributed by atoms with Crippen LogP contribution in [-0.2, 0) is 9.59 Å². The van der Waals surface area contributed by atoms with Gasteiger partial charge in [0, 0.05) is 6.20 Å². The number of para-hydroxylation sites is 1. The lowest BCUT2D eigenvalue weighted by atomic mass is 10.2. The fraction of sp³-hybridized carbons (Fsp3) is 0.222. The molecule has 0 fully saturated rings. The predicted octanol–water partition coefficient (Wildman–Crippen LogP) is 1.60. The summed E-state index contributed by atoms with van der Waals surface area (Å²) in [6, 6.07) is 13.7. The van der Waals surface area contributed by atoms with Crippen LogP contribution in [0.25, 0.3) is 0 Å². The molecule has 1 aliphatic heterocycles. The van der Waals surface area contributed by atoms with Crippen molar-refractivity contribution in [3.63, 3.8) is 0 Å². The van der Waals surface area contributed by atoms with Gasteiger partial charge in [-0.1, -0.05) is 24.3 Å². The highest BCUT2D eigenvalue weighted by Crippen LogP contribution is 2.16. The van der Waals surface area contributed by atoms with E-state index in [-0.39, 0.29) is 17.8 Å². The number of hydrogen-bond donors (Lipinski definition) is 2. The van der Waals surface area contributed by atoms with Crippen molar-refractivity contribution < 1.29 is 9.59 Å². The Hall–Kier alpha value is -3.22. The quantitative estimate of drug-likeness (QED) is 0.887. The minimum Gasteiger partial charge on any atom is -0.341 e. The van der Waals surface area contributed by atoms with Gasteiger partial charge in [0.15, 0.2) is 0 Å². The summed E-state index contributed by atoms with van der Waals surface area (Å²) in [5.41, 5.74) is 4.20. The largest absolute Gasteiger partial charge is 0.341 e. The van der Waals surface area contributed by atoms with E-state index in [9.17, 15) is 9.59 Å². The van der Waals surface area contributed by atoms with Gasteiger partial charge in [0.2, 0.25) is 5.84 Å². The highest BCUT2D eigenvalue weighted by molar-refractivity contribution is 6.39. The molecule has 0 saturated carbocycles. The van der Waals surface area contributed by atoms with Gasteiger partial charge in [0.25, 0.3) is 11.8 Å². The molecule has 0 unspecified atom stereocenters. The topological polar surface area (TPSA) is 86.7 Å². The van der Waals surface area contributed by atoms with Crippen LogP contribution in [0.1, 0.15) is 25.6 Å². The number of benzene rings is 1. The second kappa shape index (κ2) is 7.12. The Morgan fingerprint density at radius 1 is 1.20 bits per heavy atom. The number of hydrazine groups is 1. The number of nitrogens with one attached hydrogen (secondary N) is 2. The first-order chi connectivity index (χ1) is 12.1. The Kier molecular flexibility index (Phi) is 4.74. The van der Waals surface area contributed by atoms with E-state index in [2.05, 4.69) is 20.7 Å². The summed E-state index contributed by atoms with van der Waals surface area (Å²) in [6.45, 7) is 3.50. The number of nitrogens with zero attached hydrogens (tertiary/aromatic N) is 3. The van der Waals surface area contributed by atoms with Crippen molar-refractivity contribution in [2.45, 2.75) is 25.9 Å². The zero-order valence-corrected chi connectivity index (χ0v) is 14.0. The average molecular weight is 337 g/mol. The van der Waals surface area contributed by atoms with E-state index in [1.54, 1.807) is 25.3 Å². The number of pyridine rings is 1. The number of aromatic nitrogens is 1. The Bertz CT molecular complexity index is 792. The van der Waals surface area contributed by atoms with Crippen LogP contribution in [0, 0.1) is 0 Å². The van der Waals surface area contributed by atoms with E-state index in [4.69, 9.17) is 0 Å². The van der Waals surface area contributed by atoms with Crippen molar-refractivity contribution in [3.8, 4) is 0 Å². The molecule has 1 aromatic heterocycles. The number of anilines is 1. The lowest BCUT2D eigenvalue weighted by Gasteiger charge is -2.30. The smallest absolute Gasteiger partial charge is 0.288 e. The first kappa shape index (κ1) is 16.6. The molecule has 7 nitrogen and oxygen atoms in total. The van der Waals surface area contributed by atoms with Crippen LogP contribution >= 0.6 is 0 Å². The minimum absolute atomic E-state index is 0.0961. The lowest BCUT2D eigenvalue weighted by Crippen LogP contribution is -2.58. The molecule has 0 saturated heterocycles. The first-order valence-electron chi connectivity index (χ1n) is 8.01. The minimum atomic E-state index is -0.646. The Balaban J connectivity index is 1.76. The number of carbonyl (C=O) groups excluding carboxylic acids is 2. The summed E-state index contributed by atoms with van der Waals surface area (Å²) in [6.07, 6.45) is 1.67. The molecule has 0 aliphatic carbocycles. The normalized spacial score (nSPS) is 18.2. The van der Waals surface area contributed by atoms with Crippen molar-refractivity contribution >= 4 is 23.3 Å². The van der Waals surface area contributed by atoms with Crippen molar-refractivity contribution in [2.75, 3.05) is 5.01 Å². The van der Waals surface area contributed by atoms with Crippen LogP contribution in [0.5, 0.6) is 0 Å². The Morgan fingerprint density at radius 3 is 2.60 bits per heavy atom. The summed E-state index contributed by atoms with van der Waals surface area (Å²) in [5.74, 6) is -0.516. The maximum atomic E-state index is 12.5. The molecule has 0 radical (unpaired) electrons. The third kappa shape index (κ3) is 3.65. The molecule has 25 heavy (non-hydrogen) atoms. The highest BCUT2D eigenvalue weighted by Gasteiger charge is 2.31. The van der Waals surface area contributed by atoms with E-state index >= 15 is 0 Å². The predicted molar refractivity (Wildman–Crippen MR) is 94.8 cm³/mol. The Labute approximate surface area is 145 Å². The molecule has 2 atom stereocenters. The fourth-order valence-corrected chi connectivity index (χ4v) is 2.47. The average Bonchev–Trinajstić information content (AvgIpc) is 2.65. The number of hydrogen-bond acceptors (Lipinski definition) is 5. The molecule has 0 spiro atoms. The molecule has 7 heteroatoms. The molecule has 2 N–H and O–H groups in total. The van der Waals surface area contributed by atoms with Gasteiger partial charge in [-0.25, -0.2) is 10.0 Å². The van der Waals surface area contributed by atoms with Crippen LogP contribution < -0.4 is 15.8 Å². The second-order valence-corrected chi connectivity index (χ2v) is 5.72. The molecule has 128 valence electrons. The fourth-order valence-electron chi connectivity index (χ4n) is 2.47. The van der Waals surface area contributed by atoms with Crippen molar-refractivity contribution in [3.05, 3.63) is 60.4 Å². The first-order valence-corrected chi connectivity index (χ1v) is 8.01. The van der Waals surface area contributed by atoms with Crippen molar-refractivity contribution in [1.29, 1.82) is 0 Å². The maximum Gasteiger partial charge on any atom is 0.288 e. The van der Waals surface area contributed by atoms with Gasteiger partial charge >= 0.3 is 0 Å². The molecular formula is C18H19N5O2. The SMILES string of the molecule is C[C@H]1N=C(C(=O)N[C@H](C)c2ccccn2)NN(c2ccccc2)C1=O. The van der Waals surface area contributed by atoms with Gasteiger partial charge < -0.3 is 5.32 Å². The maximum absolute atomic E-state index is 12.5. The number of amidine groups is 1. The van der Waals surface area contributed by atoms with Crippen LogP contribution in [0.3, 0.4) is 0 Å². The molecular weight excluding hydrogens is 318 g/mol. The van der Waals surface area contributed by atoms with Crippen LogP contribution in [0.15, 0.2) is 59.7 Å². The van der Waals surface area contributed by atoms with Crippen molar-refractivity contribution in [2.24, 2.45) is 4.99 Å². The molecule has 2 aromatic rings. The number of carbonyl (C=O) groups is 2. The van der Waals surface area contributed by atoms with E-state index in [1.165, 1.54) is 5.01 Å². The molecule has 2 amide bonds. The van der Waals surface area contributed by atoms with Gasteiger partial charge in [0.1, 0.15) is 6.04 Å². The van der Waals surface area contributed by atoms with Crippen LogP contribution in [0.4, 0.5) is 5.69 Å². The Morgan fingerprint density at radius 2 is 1.92 bits per heavy atom. The van der Waals surface area contributed by atoms with E-state index < -0.39 is 11.9 Å². The molecule has 0 bridgehead atoms. The van der Waals surface area contributed by atoms with Crippen LogP contribution in [-0.4, -0.2) is 28.7 Å². The molecule has 3 rings (SSSR count). The second-order valence-electron chi connectivity index (χ2n) is 5.72. The van der Waals surface area contributed by atoms with Gasteiger partial charge in [-0.3, -0.25) is 20.0 Å². The van der Waals surface area contributed by atoms with Gasteiger partial charge in [0.05, 0.1) is 17.4 Å². The summed E-state index contributed by atoms with van der Waals surface area (Å²) in [7, 11) is 0. The van der Waals surface area contributed by atoms with E-state index in [1.807, 2.05) is 43.3 Å². The van der Waals surface area contributed by atoms with Gasteiger partial charge in [-0.05, 0) is 38.1 Å². The van der Waals surface area contributed by atoms with Gasteiger partial charge in [-0.15, -0.1) is 0 Å². The lowest BCUT2D eigenvalue weighted by molar-refractivity contribution is -0.120. The summed E-state index contributed by atoms with van der Waals surface area (Å²) >= 11 is 0. The third-order valence-electron chi connectivity index (χ3n) is 3.83. The molecule has 2 heterocycles. The third-order valence-corrected chi connectivity index (χ3v) is 3.83. The van der Waals surface area contributed by atoms with Crippen LogP contribution in [0.2, 0.25) is 0 Å². The zero-order chi connectivity index (χ0) is 17.8. The monoisotopic (exact) mass is 337 g/mol. The number of rotatable bonds is 4. The number of amides is 2. The summed E-state index contributed by atoms with van der Waals surface area (Å²) in [5, 5.41) is 4.19. The number of aliphatic imine (C=N–C) groups is 1. The standard InChI is InChI=1S/C18H19N5O2/c1-12(15-10-6-7-11-19-15)21-17(24)16-20-13(2)18(25)23(22-16)14-8-4-3-5-9-14/h3-13H,1-2H3,(H,20,22)(H,21,24)/t12-,13-/m1/s1. The molecule has 1 aliphatic rings. The summed E-state index contributed by atoms with van der Waals surface area (Å²) < 4.78 is 0. The van der Waals surface area contributed by atoms with Gasteiger partial charge in [-0.2, -0.15) is 0 Å². The highest BCUT2D eigenvalue weighted by atomic mass is 16.2. The molecule has 1 aromatic carbocycles. The zero-order valence-electron chi connectivity index (χ0n) is 14.0.